The summed E-state index contributed by atoms with van der Waals surface area (Å²) >= 11 is 11.9. The van der Waals surface area contributed by atoms with Gasteiger partial charge in [0.05, 0.1) is 16.5 Å². The molecule has 0 atom stereocenters. The van der Waals surface area contributed by atoms with E-state index in [9.17, 15) is 9.90 Å². The molecule has 0 saturated carbocycles. The maximum atomic E-state index is 12.4. The molecule has 0 bridgehead atoms. The Labute approximate surface area is 151 Å². The number of hydrogen-bond donors (Lipinski definition) is 1. The van der Waals surface area contributed by atoms with Crippen LogP contribution in [0.25, 0.3) is 0 Å². The smallest absolute Gasteiger partial charge is 0.227 e. The zero-order chi connectivity index (χ0) is 17.1. The van der Waals surface area contributed by atoms with Crippen molar-refractivity contribution in [2.75, 3.05) is 31.1 Å². The molecule has 1 aliphatic heterocycles. The number of aromatic hydroxyl groups is 1. The van der Waals surface area contributed by atoms with Crippen molar-refractivity contribution in [1.29, 1.82) is 0 Å². The van der Waals surface area contributed by atoms with E-state index in [0.717, 1.165) is 24.3 Å². The first-order chi connectivity index (χ1) is 11.5. The van der Waals surface area contributed by atoms with E-state index in [2.05, 4.69) is 4.90 Å². The van der Waals surface area contributed by atoms with E-state index in [1.165, 1.54) is 0 Å². The summed E-state index contributed by atoms with van der Waals surface area (Å²) in [6.45, 7) is 2.91. The minimum atomic E-state index is 0.0961. The van der Waals surface area contributed by atoms with Gasteiger partial charge >= 0.3 is 0 Å². The molecule has 24 heavy (non-hydrogen) atoms. The van der Waals surface area contributed by atoms with Gasteiger partial charge in [-0.15, -0.1) is 0 Å². The Morgan fingerprint density at radius 2 is 1.62 bits per heavy atom. The predicted molar refractivity (Wildman–Crippen MR) is 97.1 cm³/mol. The van der Waals surface area contributed by atoms with Crippen LogP contribution < -0.4 is 4.90 Å². The molecule has 2 aromatic carbocycles. The number of phenolic OH excluding ortho intramolecular Hbond substituents is 1. The second-order valence-electron chi connectivity index (χ2n) is 5.81. The van der Waals surface area contributed by atoms with Crippen LogP contribution in [0.5, 0.6) is 5.75 Å². The molecule has 1 saturated heterocycles. The van der Waals surface area contributed by atoms with E-state index in [1.807, 2.05) is 23.1 Å². The number of hydrogen-bond acceptors (Lipinski definition) is 3. The number of piperazine rings is 1. The zero-order valence-corrected chi connectivity index (χ0v) is 14.6. The molecule has 1 heterocycles. The standard InChI is InChI=1S/C18H18Cl2N2O2/c19-16-6-1-13(11-17(16)20)12-18(24)22-9-7-21(8-10-22)14-2-4-15(23)5-3-14/h1-6,11,23H,7-10,12H2. The van der Waals surface area contributed by atoms with Crippen molar-refractivity contribution in [2.45, 2.75) is 6.42 Å². The number of anilines is 1. The van der Waals surface area contributed by atoms with Gasteiger partial charge in [0, 0.05) is 31.9 Å². The Morgan fingerprint density at radius 1 is 0.958 bits per heavy atom. The zero-order valence-electron chi connectivity index (χ0n) is 13.1. The summed E-state index contributed by atoms with van der Waals surface area (Å²) in [4.78, 5) is 16.5. The third-order valence-electron chi connectivity index (χ3n) is 4.19. The third-order valence-corrected chi connectivity index (χ3v) is 4.93. The van der Waals surface area contributed by atoms with Crippen LogP contribution in [0.2, 0.25) is 10.0 Å². The molecule has 0 radical (unpaired) electrons. The number of carbonyl (C=O) groups excluding carboxylic acids is 1. The van der Waals surface area contributed by atoms with Gasteiger partial charge < -0.3 is 14.9 Å². The quantitative estimate of drug-likeness (QED) is 0.904. The van der Waals surface area contributed by atoms with Crippen LogP contribution in [0.3, 0.4) is 0 Å². The highest BCUT2D eigenvalue weighted by molar-refractivity contribution is 6.42. The van der Waals surface area contributed by atoms with Gasteiger partial charge in [0.25, 0.3) is 0 Å². The molecule has 126 valence electrons. The number of amides is 1. The molecule has 6 heteroatoms. The summed E-state index contributed by atoms with van der Waals surface area (Å²) < 4.78 is 0. The van der Waals surface area contributed by atoms with Crippen LogP contribution in [0.1, 0.15) is 5.56 Å². The van der Waals surface area contributed by atoms with Crippen molar-refractivity contribution in [3.8, 4) is 5.75 Å². The number of halogens is 2. The molecule has 2 aromatic rings. The molecule has 3 rings (SSSR count). The number of benzene rings is 2. The van der Waals surface area contributed by atoms with Gasteiger partial charge in [-0.2, -0.15) is 0 Å². The van der Waals surface area contributed by atoms with E-state index >= 15 is 0 Å². The van der Waals surface area contributed by atoms with Gasteiger partial charge in [-0.25, -0.2) is 0 Å². The van der Waals surface area contributed by atoms with E-state index in [0.29, 0.717) is 29.6 Å². The Hall–Kier alpha value is -1.91. The fourth-order valence-corrected chi connectivity index (χ4v) is 3.13. The molecule has 0 spiro atoms. The average molecular weight is 365 g/mol. The first kappa shape index (κ1) is 16.9. The van der Waals surface area contributed by atoms with Gasteiger partial charge in [0.1, 0.15) is 5.75 Å². The molecule has 1 fully saturated rings. The van der Waals surface area contributed by atoms with E-state index in [1.54, 1.807) is 24.3 Å². The number of nitrogens with zero attached hydrogens (tertiary/aromatic N) is 2. The first-order valence-electron chi connectivity index (χ1n) is 7.78. The van der Waals surface area contributed by atoms with Crippen LogP contribution >= 0.6 is 23.2 Å². The number of carbonyl (C=O) groups is 1. The van der Waals surface area contributed by atoms with Crippen molar-refractivity contribution >= 4 is 34.8 Å². The summed E-state index contributed by atoms with van der Waals surface area (Å²) in [5, 5.41) is 10.3. The number of phenols is 1. The van der Waals surface area contributed by atoms with E-state index in [4.69, 9.17) is 23.2 Å². The maximum Gasteiger partial charge on any atom is 0.227 e. The number of rotatable bonds is 3. The summed E-state index contributed by atoms with van der Waals surface area (Å²) in [5.74, 6) is 0.355. The molecule has 0 aromatic heterocycles. The van der Waals surface area contributed by atoms with Gasteiger partial charge in [0.2, 0.25) is 5.91 Å². The molecule has 4 nitrogen and oxygen atoms in total. The van der Waals surface area contributed by atoms with Gasteiger partial charge in [0.15, 0.2) is 0 Å². The lowest BCUT2D eigenvalue weighted by Crippen LogP contribution is -2.49. The monoisotopic (exact) mass is 364 g/mol. The molecular weight excluding hydrogens is 347 g/mol. The van der Waals surface area contributed by atoms with Crippen molar-refractivity contribution in [1.82, 2.24) is 4.90 Å². The lowest BCUT2D eigenvalue weighted by Gasteiger charge is -2.36. The fraction of sp³-hybridized carbons (Fsp3) is 0.278. The van der Waals surface area contributed by atoms with Crippen LogP contribution in [0.15, 0.2) is 42.5 Å². The molecule has 1 amide bonds. The van der Waals surface area contributed by atoms with Gasteiger partial charge in [-0.1, -0.05) is 29.3 Å². The molecular formula is C18H18Cl2N2O2. The highest BCUT2D eigenvalue weighted by Crippen LogP contribution is 2.23. The highest BCUT2D eigenvalue weighted by Gasteiger charge is 2.21. The van der Waals surface area contributed by atoms with Crippen molar-refractivity contribution < 1.29 is 9.90 Å². The summed E-state index contributed by atoms with van der Waals surface area (Å²) in [6, 6.07) is 12.4. The van der Waals surface area contributed by atoms with Crippen LogP contribution in [-0.2, 0) is 11.2 Å². The van der Waals surface area contributed by atoms with E-state index < -0.39 is 0 Å². The average Bonchev–Trinajstić information content (AvgIpc) is 2.59. The largest absolute Gasteiger partial charge is 0.508 e. The van der Waals surface area contributed by atoms with Crippen molar-refractivity contribution in [2.24, 2.45) is 0 Å². The van der Waals surface area contributed by atoms with Crippen molar-refractivity contribution in [3.05, 3.63) is 58.1 Å². The summed E-state index contributed by atoms with van der Waals surface area (Å²) in [5.41, 5.74) is 1.93. The predicted octanol–water partition coefficient (Wildman–Crippen LogP) is 3.59. The lowest BCUT2D eigenvalue weighted by atomic mass is 10.1. The van der Waals surface area contributed by atoms with Gasteiger partial charge in [-0.05, 0) is 42.0 Å². The molecule has 0 aliphatic carbocycles. The van der Waals surface area contributed by atoms with Crippen LogP contribution in [0.4, 0.5) is 5.69 Å². The Balaban J connectivity index is 1.56. The lowest BCUT2D eigenvalue weighted by molar-refractivity contribution is -0.130. The summed E-state index contributed by atoms with van der Waals surface area (Å²) in [7, 11) is 0. The van der Waals surface area contributed by atoms with Crippen LogP contribution in [0, 0.1) is 0 Å². The SMILES string of the molecule is O=C(Cc1ccc(Cl)c(Cl)c1)N1CCN(c2ccc(O)cc2)CC1. The van der Waals surface area contributed by atoms with Crippen LogP contribution in [-0.4, -0.2) is 42.1 Å². The molecule has 0 unspecified atom stereocenters. The second kappa shape index (κ2) is 7.32. The van der Waals surface area contributed by atoms with Crippen molar-refractivity contribution in [3.63, 3.8) is 0 Å². The third kappa shape index (κ3) is 3.94. The van der Waals surface area contributed by atoms with Gasteiger partial charge in [-0.3, -0.25) is 4.79 Å². The Bertz CT molecular complexity index is 726. The summed E-state index contributed by atoms with van der Waals surface area (Å²) in [6.07, 6.45) is 0.329. The maximum absolute atomic E-state index is 12.4. The molecule has 1 N–H and O–H groups in total. The normalized spacial score (nSPS) is 14.8. The molecule has 1 aliphatic rings. The second-order valence-corrected chi connectivity index (χ2v) is 6.62. The highest BCUT2D eigenvalue weighted by atomic mass is 35.5. The Morgan fingerprint density at radius 3 is 2.25 bits per heavy atom. The fourth-order valence-electron chi connectivity index (χ4n) is 2.81. The minimum absolute atomic E-state index is 0.0961. The Kier molecular flexibility index (Phi) is 5.17. The topological polar surface area (TPSA) is 43.8 Å². The first-order valence-corrected chi connectivity index (χ1v) is 8.54. The minimum Gasteiger partial charge on any atom is -0.508 e. The van der Waals surface area contributed by atoms with E-state index in [-0.39, 0.29) is 11.7 Å².